The highest BCUT2D eigenvalue weighted by atomic mass is 79.9. The van der Waals surface area contributed by atoms with Gasteiger partial charge in [0.05, 0.1) is 23.5 Å². The minimum absolute atomic E-state index is 0.0239. The predicted octanol–water partition coefficient (Wildman–Crippen LogP) is 4.80. The molecule has 0 radical (unpaired) electrons. The van der Waals surface area contributed by atoms with Gasteiger partial charge in [-0.3, -0.25) is 10.1 Å². The molecule has 0 amide bonds. The minimum Gasteiger partial charge on any atom is -0.496 e. The molecule has 3 aromatic carbocycles. The second kappa shape index (κ2) is 9.25. The summed E-state index contributed by atoms with van der Waals surface area (Å²) in [6, 6.07) is 17.5. The van der Waals surface area contributed by atoms with Crippen LogP contribution < -0.4 is 19.9 Å². The Morgan fingerprint density at radius 2 is 1.97 bits per heavy atom. The van der Waals surface area contributed by atoms with Crippen molar-refractivity contribution in [3.05, 3.63) is 103 Å². The van der Waals surface area contributed by atoms with E-state index in [1.165, 1.54) is 31.4 Å². The number of carbonyl (C=O) groups is 1. The van der Waals surface area contributed by atoms with Gasteiger partial charge in [-0.2, -0.15) is 5.26 Å². The highest BCUT2D eigenvalue weighted by Gasteiger charge is 2.33. The topological polar surface area (TPSA) is 138 Å². The summed E-state index contributed by atoms with van der Waals surface area (Å²) in [7, 11) is 1.53. The van der Waals surface area contributed by atoms with Gasteiger partial charge in [0.15, 0.2) is 0 Å². The predicted molar refractivity (Wildman–Crippen MR) is 124 cm³/mol. The largest absolute Gasteiger partial charge is 0.496 e. The lowest BCUT2D eigenvalue weighted by atomic mass is 9.83. The van der Waals surface area contributed by atoms with Crippen LogP contribution in [-0.4, -0.2) is 18.0 Å². The van der Waals surface area contributed by atoms with Crippen LogP contribution in [0, 0.1) is 21.4 Å². The zero-order chi connectivity index (χ0) is 24.4. The Labute approximate surface area is 202 Å². The minimum atomic E-state index is -0.772. The number of ether oxygens (including phenoxy) is 3. The summed E-state index contributed by atoms with van der Waals surface area (Å²) >= 11 is 3.45. The fourth-order valence-corrected chi connectivity index (χ4v) is 4.04. The van der Waals surface area contributed by atoms with Crippen LogP contribution in [-0.2, 0) is 0 Å². The third-order valence-corrected chi connectivity index (χ3v) is 5.69. The van der Waals surface area contributed by atoms with E-state index in [1.807, 2.05) is 12.1 Å². The third-order valence-electron chi connectivity index (χ3n) is 5.20. The highest BCUT2D eigenvalue weighted by Crippen LogP contribution is 2.46. The number of esters is 1. The van der Waals surface area contributed by atoms with Gasteiger partial charge < -0.3 is 19.9 Å². The van der Waals surface area contributed by atoms with Gasteiger partial charge in [-0.25, -0.2) is 4.79 Å². The van der Waals surface area contributed by atoms with Crippen molar-refractivity contribution < 1.29 is 23.9 Å². The number of nitro groups is 1. The van der Waals surface area contributed by atoms with Crippen LogP contribution in [0.2, 0.25) is 0 Å². The van der Waals surface area contributed by atoms with E-state index in [0.29, 0.717) is 22.6 Å². The van der Waals surface area contributed by atoms with E-state index in [0.717, 1.165) is 10.5 Å². The van der Waals surface area contributed by atoms with Crippen molar-refractivity contribution in [2.75, 3.05) is 7.11 Å². The van der Waals surface area contributed by atoms with E-state index in [1.54, 1.807) is 18.2 Å². The molecular weight excluding hydrogens is 506 g/mol. The molecule has 0 spiro atoms. The van der Waals surface area contributed by atoms with Crippen LogP contribution in [0.25, 0.3) is 0 Å². The second-order valence-corrected chi connectivity index (χ2v) is 8.12. The average molecular weight is 522 g/mol. The van der Waals surface area contributed by atoms with Crippen molar-refractivity contribution in [1.29, 1.82) is 5.26 Å². The van der Waals surface area contributed by atoms with Crippen molar-refractivity contribution in [2.24, 2.45) is 5.73 Å². The molecule has 0 saturated carbocycles. The lowest BCUT2D eigenvalue weighted by Gasteiger charge is -2.27. The van der Waals surface area contributed by atoms with Crippen LogP contribution >= 0.6 is 15.9 Å². The van der Waals surface area contributed by atoms with E-state index < -0.39 is 16.8 Å². The molecule has 1 heterocycles. The second-order valence-electron chi connectivity index (χ2n) is 7.21. The number of nitrogens with two attached hydrogens (primary N) is 1. The number of rotatable bonds is 5. The lowest BCUT2D eigenvalue weighted by Crippen LogP contribution is -2.21. The molecule has 170 valence electrons. The fraction of sp³-hybridized carbons (Fsp3) is 0.0833. The number of hydrogen-bond donors (Lipinski definition) is 1. The number of methoxy groups -OCH3 is 1. The Morgan fingerprint density at radius 1 is 1.18 bits per heavy atom. The number of non-ortho nitro benzene ring substituents is 1. The first-order chi connectivity index (χ1) is 16.3. The quantitative estimate of drug-likeness (QED) is 0.218. The maximum absolute atomic E-state index is 12.5. The molecule has 4 rings (SSSR count). The SMILES string of the molecule is COc1ccc(Br)cc1C1C(C#N)=C(N)Oc2cc(OC(=O)c3cccc([N+](=O)[O-])c3)ccc21. The summed E-state index contributed by atoms with van der Waals surface area (Å²) in [5.41, 5.74) is 7.39. The molecule has 1 aliphatic heterocycles. The highest BCUT2D eigenvalue weighted by molar-refractivity contribution is 9.10. The summed E-state index contributed by atoms with van der Waals surface area (Å²) < 4.78 is 17.4. The van der Waals surface area contributed by atoms with E-state index in [-0.39, 0.29) is 28.5 Å². The van der Waals surface area contributed by atoms with Gasteiger partial charge in [0.2, 0.25) is 5.88 Å². The van der Waals surface area contributed by atoms with Crippen molar-refractivity contribution in [3.8, 4) is 23.3 Å². The number of allylic oxidation sites excluding steroid dienone is 1. The van der Waals surface area contributed by atoms with Crippen molar-refractivity contribution in [2.45, 2.75) is 5.92 Å². The van der Waals surface area contributed by atoms with E-state index >= 15 is 0 Å². The molecule has 3 aromatic rings. The lowest BCUT2D eigenvalue weighted by molar-refractivity contribution is -0.384. The summed E-state index contributed by atoms with van der Waals surface area (Å²) in [5.74, 6) is -0.433. The van der Waals surface area contributed by atoms with Crippen molar-refractivity contribution >= 4 is 27.6 Å². The molecule has 0 bridgehead atoms. The molecule has 9 nitrogen and oxygen atoms in total. The number of halogens is 1. The van der Waals surface area contributed by atoms with Gasteiger partial charge in [0.25, 0.3) is 5.69 Å². The number of carbonyl (C=O) groups excluding carboxylic acids is 1. The van der Waals surface area contributed by atoms with E-state index in [4.69, 9.17) is 19.9 Å². The molecule has 0 aliphatic carbocycles. The van der Waals surface area contributed by atoms with Gasteiger partial charge in [0, 0.05) is 33.8 Å². The Morgan fingerprint density at radius 3 is 2.68 bits per heavy atom. The number of nitrogens with zero attached hydrogens (tertiary/aromatic N) is 2. The first-order valence-corrected chi connectivity index (χ1v) is 10.6. The van der Waals surface area contributed by atoms with Crippen LogP contribution in [0.5, 0.6) is 17.2 Å². The fourth-order valence-electron chi connectivity index (χ4n) is 3.66. The normalized spacial score (nSPS) is 14.4. The summed E-state index contributed by atoms with van der Waals surface area (Å²) in [6.45, 7) is 0. The monoisotopic (exact) mass is 521 g/mol. The molecule has 0 saturated heterocycles. The van der Waals surface area contributed by atoms with Gasteiger partial charge in [-0.1, -0.05) is 28.1 Å². The Hall–Kier alpha value is -4.36. The first kappa shape index (κ1) is 22.8. The Balaban J connectivity index is 1.72. The molecule has 1 unspecified atom stereocenters. The molecule has 1 aliphatic rings. The summed E-state index contributed by atoms with van der Waals surface area (Å²) in [5, 5.41) is 20.8. The zero-order valence-corrected chi connectivity index (χ0v) is 19.2. The van der Waals surface area contributed by atoms with Crippen LogP contribution in [0.4, 0.5) is 5.69 Å². The molecule has 0 fully saturated rings. The molecular formula is C24H16BrN3O6. The molecule has 10 heteroatoms. The van der Waals surface area contributed by atoms with Crippen LogP contribution in [0.1, 0.15) is 27.4 Å². The van der Waals surface area contributed by atoms with Gasteiger partial charge in [-0.05, 0) is 30.3 Å². The standard InChI is InChI=1S/C24H16BrN3O6/c1-32-20-8-5-14(25)10-18(20)22-17-7-6-16(11-21(17)34-23(27)19(22)12-26)33-24(29)13-3-2-4-15(9-13)28(30)31/h2-11,22H,27H2,1H3. The average Bonchev–Trinajstić information content (AvgIpc) is 2.83. The number of nitro benzene ring substituents is 1. The van der Waals surface area contributed by atoms with E-state index in [9.17, 15) is 20.2 Å². The van der Waals surface area contributed by atoms with Gasteiger partial charge in [0.1, 0.15) is 28.9 Å². The molecule has 1 atom stereocenters. The van der Waals surface area contributed by atoms with E-state index in [2.05, 4.69) is 22.0 Å². The molecule has 2 N–H and O–H groups in total. The van der Waals surface area contributed by atoms with Crippen LogP contribution in [0.3, 0.4) is 0 Å². The maximum Gasteiger partial charge on any atom is 0.343 e. The Kier molecular flexibility index (Phi) is 6.21. The maximum atomic E-state index is 12.5. The van der Waals surface area contributed by atoms with Gasteiger partial charge >= 0.3 is 5.97 Å². The third kappa shape index (κ3) is 4.29. The van der Waals surface area contributed by atoms with Gasteiger partial charge in [-0.15, -0.1) is 0 Å². The van der Waals surface area contributed by atoms with Crippen molar-refractivity contribution in [3.63, 3.8) is 0 Å². The van der Waals surface area contributed by atoms with Crippen LogP contribution in [0.15, 0.2) is 76.6 Å². The smallest absolute Gasteiger partial charge is 0.343 e. The Bertz CT molecular complexity index is 1400. The zero-order valence-electron chi connectivity index (χ0n) is 17.7. The van der Waals surface area contributed by atoms with Crippen molar-refractivity contribution in [1.82, 2.24) is 0 Å². The molecule has 34 heavy (non-hydrogen) atoms. The summed E-state index contributed by atoms with van der Waals surface area (Å²) in [4.78, 5) is 22.9. The first-order valence-electron chi connectivity index (χ1n) is 9.84. The molecule has 0 aromatic heterocycles. The summed E-state index contributed by atoms with van der Waals surface area (Å²) in [6.07, 6.45) is 0. The number of benzene rings is 3. The number of nitriles is 1. The number of hydrogen-bond acceptors (Lipinski definition) is 8. The number of fused-ring (bicyclic) bond motifs is 1.